The first-order chi connectivity index (χ1) is 8.70. The minimum absolute atomic E-state index is 0.260. The summed E-state index contributed by atoms with van der Waals surface area (Å²) in [5.41, 5.74) is 0.554. The number of anilines is 2. The van der Waals surface area contributed by atoms with Gasteiger partial charge in [-0.3, -0.25) is 0 Å². The van der Waals surface area contributed by atoms with E-state index in [2.05, 4.69) is 20.6 Å². The van der Waals surface area contributed by atoms with E-state index in [1.54, 1.807) is 25.2 Å². The maximum Gasteiger partial charge on any atom is 0.224 e. The zero-order chi connectivity index (χ0) is 13.0. The van der Waals surface area contributed by atoms with Crippen molar-refractivity contribution in [3.05, 3.63) is 46.9 Å². The second-order valence-corrected chi connectivity index (χ2v) is 3.99. The fourth-order valence-corrected chi connectivity index (χ4v) is 1.59. The molecular weight excluding hydrogens is 255 g/mol. The lowest BCUT2D eigenvalue weighted by Gasteiger charge is -2.09. The lowest BCUT2D eigenvalue weighted by Crippen LogP contribution is -2.06. The summed E-state index contributed by atoms with van der Waals surface area (Å²) in [7, 11) is 1.71. The standard InChI is InChI=1S/C12H12ClFN4/c1-15-12-17-7-9(13)11(18-12)16-6-8-4-2-3-5-10(8)14/h2-5,7H,6H2,1H3,(H2,15,16,17,18). The summed E-state index contributed by atoms with van der Waals surface area (Å²) in [5.74, 6) is 0.665. The molecule has 0 bridgehead atoms. The van der Waals surface area contributed by atoms with Gasteiger partial charge in [0.25, 0.3) is 0 Å². The summed E-state index contributed by atoms with van der Waals surface area (Å²) in [5, 5.41) is 6.18. The quantitative estimate of drug-likeness (QED) is 0.893. The van der Waals surface area contributed by atoms with Gasteiger partial charge in [-0.1, -0.05) is 29.8 Å². The summed E-state index contributed by atoms with van der Waals surface area (Å²) in [6, 6.07) is 6.55. The van der Waals surface area contributed by atoms with Crippen LogP contribution in [-0.4, -0.2) is 17.0 Å². The molecule has 1 aromatic heterocycles. The number of hydrogen-bond donors (Lipinski definition) is 2. The highest BCUT2D eigenvalue weighted by Crippen LogP contribution is 2.20. The maximum absolute atomic E-state index is 13.4. The van der Waals surface area contributed by atoms with Gasteiger partial charge >= 0.3 is 0 Å². The lowest BCUT2D eigenvalue weighted by molar-refractivity contribution is 0.613. The number of halogens is 2. The Balaban J connectivity index is 2.13. The molecule has 1 aromatic carbocycles. The molecule has 0 spiro atoms. The van der Waals surface area contributed by atoms with Gasteiger partial charge in [-0.2, -0.15) is 4.98 Å². The fourth-order valence-electron chi connectivity index (χ4n) is 1.43. The van der Waals surface area contributed by atoms with E-state index in [0.717, 1.165) is 0 Å². The first-order valence-electron chi connectivity index (χ1n) is 5.38. The predicted octanol–water partition coefficient (Wildman–Crippen LogP) is 2.92. The molecule has 0 saturated carbocycles. The minimum Gasteiger partial charge on any atom is -0.364 e. The van der Waals surface area contributed by atoms with Crippen LogP contribution in [0.5, 0.6) is 0 Å². The van der Waals surface area contributed by atoms with E-state index in [1.165, 1.54) is 12.3 Å². The largest absolute Gasteiger partial charge is 0.364 e. The molecule has 0 aliphatic rings. The molecule has 0 radical (unpaired) electrons. The van der Waals surface area contributed by atoms with Crippen molar-refractivity contribution in [1.82, 2.24) is 9.97 Å². The third-order valence-electron chi connectivity index (χ3n) is 2.37. The Kier molecular flexibility index (Phi) is 3.94. The van der Waals surface area contributed by atoms with Gasteiger partial charge in [0.2, 0.25) is 5.95 Å². The normalized spacial score (nSPS) is 10.2. The highest BCUT2D eigenvalue weighted by molar-refractivity contribution is 6.32. The van der Waals surface area contributed by atoms with Gasteiger partial charge in [0.1, 0.15) is 10.8 Å². The second kappa shape index (κ2) is 5.64. The van der Waals surface area contributed by atoms with Gasteiger partial charge in [-0.25, -0.2) is 9.37 Å². The van der Waals surface area contributed by atoms with Crippen molar-refractivity contribution in [3.63, 3.8) is 0 Å². The van der Waals surface area contributed by atoms with E-state index in [1.807, 2.05) is 0 Å². The maximum atomic E-state index is 13.4. The molecule has 2 N–H and O–H groups in total. The summed E-state index contributed by atoms with van der Waals surface area (Å²) in [6.45, 7) is 0.312. The molecule has 94 valence electrons. The van der Waals surface area contributed by atoms with Crippen molar-refractivity contribution in [1.29, 1.82) is 0 Å². The molecule has 0 fully saturated rings. The monoisotopic (exact) mass is 266 g/mol. The van der Waals surface area contributed by atoms with Crippen LogP contribution in [0.2, 0.25) is 5.02 Å². The van der Waals surface area contributed by atoms with Crippen molar-refractivity contribution < 1.29 is 4.39 Å². The van der Waals surface area contributed by atoms with Crippen LogP contribution in [-0.2, 0) is 6.54 Å². The van der Waals surface area contributed by atoms with Gasteiger partial charge in [0.05, 0.1) is 6.20 Å². The zero-order valence-electron chi connectivity index (χ0n) is 9.74. The van der Waals surface area contributed by atoms with Crippen molar-refractivity contribution in [3.8, 4) is 0 Å². The third-order valence-corrected chi connectivity index (χ3v) is 2.65. The summed E-state index contributed by atoms with van der Waals surface area (Å²) in [6.07, 6.45) is 1.49. The summed E-state index contributed by atoms with van der Waals surface area (Å²) in [4.78, 5) is 8.11. The Labute approximate surface area is 109 Å². The van der Waals surface area contributed by atoms with Crippen LogP contribution < -0.4 is 10.6 Å². The minimum atomic E-state index is -0.260. The van der Waals surface area contributed by atoms with Crippen molar-refractivity contribution in [2.24, 2.45) is 0 Å². The molecule has 6 heteroatoms. The Bertz CT molecular complexity index is 547. The molecule has 0 aliphatic heterocycles. The number of benzene rings is 1. The number of nitrogens with one attached hydrogen (secondary N) is 2. The van der Waals surface area contributed by atoms with Crippen molar-refractivity contribution in [2.45, 2.75) is 6.54 Å². The van der Waals surface area contributed by atoms with Crippen molar-refractivity contribution >= 4 is 23.4 Å². The Hall–Kier alpha value is -1.88. The van der Waals surface area contributed by atoms with E-state index < -0.39 is 0 Å². The first-order valence-corrected chi connectivity index (χ1v) is 5.76. The molecular formula is C12H12ClFN4. The van der Waals surface area contributed by atoms with Crippen LogP contribution in [0.4, 0.5) is 16.2 Å². The van der Waals surface area contributed by atoms with Crippen LogP contribution in [0.25, 0.3) is 0 Å². The highest BCUT2D eigenvalue weighted by Gasteiger charge is 2.06. The molecule has 0 atom stereocenters. The molecule has 2 rings (SSSR count). The molecule has 0 unspecified atom stereocenters. The van der Waals surface area contributed by atoms with E-state index in [0.29, 0.717) is 28.9 Å². The number of hydrogen-bond acceptors (Lipinski definition) is 4. The molecule has 18 heavy (non-hydrogen) atoms. The topological polar surface area (TPSA) is 49.8 Å². The van der Waals surface area contributed by atoms with Gasteiger partial charge in [0.15, 0.2) is 5.82 Å². The Morgan fingerprint density at radius 3 is 2.83 bits per heavy atom. The number of rotatable bonds is 4. The van der Waals surface area contributed by atoms with Crippen molar-refractivity contribution in [2.75, 3.05) is 17.7 Å². The molecule has 4 nitrogen and oxygen atoms in total. The third kappa shape index (κ3) is 2.87. The molecule has 1 heterocycles. The van der Waals surface area contributed by atoms with E-state index in [4.69, 9.17) is 11.6 Å². The predicted molar refractivity (Wildman–Crippen MR) is 70.3 cm³/mol. The average molecular weight is 267 g/mol. The lowest BCUT2D eigenvalue weighted by atomic mass is 10.2. The molecule has 0 aliphatic carbocycles. The van der Waals surface area contributed by atoms with Crippen LogP contribution in [0.15, 0.2) is 30.5 Å². The van der Waals surface area contributed by atoms with E-state index in [9.17, 15) is 4.39 Å². The van der Waals surface area contributed by atoms with Crippen LogP contribution in [0.1, 0.15) is 5.56 Å². The number of aromatic nitrogens is 2. The average Bonchev–Trinajstić information content (AvgIpc) is 2.39. The van der Waals surface area contributed by atoms with Crippen LogP contribution in [0.3, 0.4) is 0 Å². The Morgan fingerprint density at radius 2 is 2.11 bits per heavy atom. The summed E-state index contributed by atoms with van der Waals surface area (Å²) < 4.78 is 13.4. The number of nitrogens with zero attached hydrogens (tertiary/aromatic N) is 2. The van der Waals surface area contributed by atoms with Gasteiger partial charge in [-0.05, 0) is 6.07 Å². The van der Waals surface area contributed by atoms with Crippen LogP contribution >= 0.6 is 11.6 Å². The zero-order valence-corrected chi connectivity index (χ0v) is 10.5. The van der Waals surface area contributed by atoms with Crippen LogP contribution in [0, 0.1) is 5.82 Å². The van der Waals surface area contributed by atoms with E-state index in [-0.39, 0.29) is 5.82 Å². The summed E-state index contributed by atoms with van der Waals surface area (Å²) >= 11 is 5.95. The molecule has 2 aromatic rings. The smallest absolute Gasteiger partial charge is 0.224 e. The molecule has 0 amide bonds. The SMILES string of the molecule is CNc1ncc(Cl)c(NCc2ccccc2F)n1. The van der Waals surface area contributed by atoms with Gasteiger partial charge < -0.3 is 10.6 Å². The van der Waals surface area contributed by atoms with Gasteiger partial charge in [-0.15, -0.1) is 0 Å². The fraction of sp³-hybridized carbons (Fsp3) is 0.167. The van der Waals surface area contributed by atoms with E-state index >= 15 is 0 Å². The first kappa shape index (κ1) is 12.6. The molecule has 0 saturated heterocycles. The Morgan fingerprint density at radius 1 is 1.33 bits per heavy atom. The highest BCUT2D eigenvalue weighted by atomic mass is 35.5. The second-order valence-electron chi connectivity index (χ2n) is 3.59. The van der Waals surface area contributed by atoms with Gasteiger partial charge in [0, 0.05) is 19.2 Å².